The summed E-state index contributed by atoms with van der Waals surface area (Å²) in [5.41, 5.74) is 0. The molecule has 4 nitrogen and oxygen atoms in total. The molecular weight excluding hydrogens is 124 g/mol. The molecule has 9 heavy (non-hydrogen) atoms. The van der Waals surface area contributed by atoms with E-state index in [1.807, 2.05) is 0 Å². The molecule has 3 aliphatic rings. The summed E-state index contributed by atoms with van der Waals surface area (Å²) in [6, 6.07) is 0. The van der Waals surface area contributed by atoms with E-state index in [1.165, 1.54) is 0 Å². The molecular formula is C5H8O4. The van der Waals surface area contributed by atoms with Gasteiger partial charge in [-0.25, -0.2) is 0 Å². The van der Waals surface area contributed by atoms with Crippen LogP contribution in [-0.4, -0.2) is 39.9 Å². The second kappa shape index (κ2) is 1.46. The summed E-state index contributed by atoms with van der Waals surface area (Å²) in [7, 11) is 0. The number of ether oxygens (including phenoxy) is 1. The second-order valence-electron chi connectivity index (χ2n) is 2.55. The zero-order chi connectivity index (χ0) is 6.59. The van der Waals surface area contributed by atoms with E-state index in [9.17, 15) is 0 Å². The Bertz CT molecular complexity index is 121. The van der Waals surface area contributed by atoms with E-state index in [2.05, 4.69) is 0 Å². The molecule has 1 aliphatic carbocycles. The predicted molar refractivity (Wildman–Crippen MR) is 26.4 cm³/mol. The van der Waals surface area contributed by atoms with E-state index < -0.39 is 30.5 Å². The third-order valence-electron chi connectivity index (χ3n) is 2.09. The molecule has 3 fully saturated rings. The average Bonchev–Trinajstić information content (AvgIpc) is 2.23. The normalized spacial score (nSPS) is 63.7. The van der Waals surface area contributed by atoms with Crippen LogP contribution in [0.15, 0.2) is 0 Å². The van der Waals surface area contributed by atoms with E-state index in [-0.39, 0.29) is 0 Å². The molecule has 0 radical (unpaired) electrons. The van der Waals surface area contributed by atoms with Crippen LogP contribution in [0.4, 0.5) is 0 Å². The predicted octanol–water partition coefficient (Wildman–Crippen LogP) is -1.94. The molecule has 3 N–H and O–H groups in total. The minimum atomic E-state index is -0.958. The lowest BCUT2D eigenvalue weighted by molar-refractivity contribution is -0.115. The average molecular weight is 132 g/mol. The quantitative estimate of drug-likeness (QED) is 0.358. The van der Waals surface area contributed by atoms with E-state index in [4.69, 9.17) is 20.1 Å². The molecule has 3 rings (SSSR count). The Hall–Kier alpha value is -0.160. The van der Waals surface area contributed by atoms with Crippen molar-refractivity contribution >= 4 is 0 Å². The number of hydrogen-bond acceptors (Lipinski definition) is 4. The summed E-state index contributed by atoms with van der Waals surface area (Å²) in [5.74, 6) is -0.463. The van der Waals surface area contributed by atoms with Gasteiger partial charge in [0.15, 0.2) is 6.29 Å². The molecule has 0 aromatic heterocycles. The first-order valence-electron chi connectivity index (χ1n) is 2.91. The molecule has 0 spiro atoms. The first-order chi connectivity index (χ1) is 4.22. The van der Waals surface area contributed by atoms with Gasteiger partial charge in [0.05, 0.1) is 18.1 Å². The van der Waals surface area contributed by atoms with Gasteiger partial charge in [-0.15, -0.1) is 0 Å². The van der Waals surface area contributed by atoms with Gasteiger partial charge in [-0.3, -0.25) is 0 Å². The summed E-state index contributed by atoms with van der Waals surface area (Å²) in [6.07, 6.45) is -2.81. The largest absolute Gasteiger partial charge is 0.390 e. The number of rotatable bonds is 0. The lowest BCUT2D eigenvalue weighted by Crippen LogP contribution is -2.54. The van der Waals surface area contributed by atoms with Crippen molar-refractivity contribution in [1.82, 2.24) is 0 Å². The maximum absolute atomic E-state index is 8.94. The van der Waals surface area contributed by atoms with E-state index in [0.29, 0.717) is 0 Å². The highest BCUT2D eigenvalue weighted by atomic mass is 16.6. The zero-order valence-electron chi connectivity index (χ0n) is 4.64. The van der Waals surface area contributed by atoms with Crippen LogP contribution in [0.3, 0.4) is 0 Å². The van der Waals surface area contributed by atoms with Crippen LogP contribution >= 0.6 is 0 Å². The number of hydrogen-bond donors (Lipinski definition) is 3. The van der Waals surface area contributed by atoms with Crippen LogP contribution in [0.5, 0.6) is 0 Å². The molecule has 2 saturated heterocycles. The van der Waals surface area contributed by atoms with Crippen molar-refractivity contribution in [3.05, 3.63) is 0 Å². The van der Waals surface area contributed by atoms with E-state index in [0.717, 1.165) is 0 Å². The molecule has 2 heterocycles. The Morgan fingerprint density at radius 2 is 1.56 bits per heavy atom. The Balaban J connectivity index is 2.16. The number of fused-ring (bicyclic) bond motifs is 1. The van der Waals surface area contributed by atoms with Crippen LogP contribution in [0, 0.1) is 5.92 Å². The summed E-state index contributed by atoms with van der Waals surface area (Å²) in [6.45, 7) is 0. The SMILES string of the molecule is OC1C2O[C@H](O)C1[C@@H]2O. The highest BCUT2D eigenvalue weighted by molar-refractivity contribution is 5.06. The summed E-state index contributed by atoms with van der Waals surface area (Å²) < 4.78 is 4.72. The van der Waals surface area contributed by atoms with Crippen LogP contribution in [0.25, 0.3) is 0 Å². The van der Waals surface area contributed by atoms with Crippen molar-refractivity contribution in [1.29, 1.82) is 0 Å². The minimum Gasteiger partial charge on any atom is -0.390 e. The van der Waals surface area contributed by atoms with Gasteiger partial charge in [0.1, 0.15) is 6.10 Å². The second-order valence-corrected chi connectivity index (χ2v) is 2.55. The van der Waals surface area contributed by atoms with Gasteiger partial charge in [0, 0.05) is 0 Å². The lowest BCUT2D eigenvalue weighted by Gasteiger charge is -2.33. The van der Waals surface area contributed by atoms with E-state index in [1.54, 1.807) is 0 Å². The fraction of sp³-hybridized carbons (Fsp3) is 1.00. The first kappa shape index (κ1) is 5.61. The van der Waals surface area contributed by atoms with Crippen LogP contribution in [0.1, 0.15) is 0 Å². The van der Waals surface area contributed by atoms with Crippen molar-refractivity contribution in [2.45, 2.75) is 24.6 Å². The van der Waals surface area contributed by atoms with Crippen LogP contribution in [0.2, 0.25) is 0 Å². The van der Waals surface area contributed by atoms with Crippen molar-refractivity contribution in [3.63, 3.8) is 0 Å². The molecule has 0 aromatic rings. The van der Waals surface area contributed by atoms with Gasteiger partial charge < -0.3 is 20.1 Å². The Labute approximate surface area is 51.7 Å². The molecule has 52 valence electrons. The molecule has 4 heteroatoms. The van der Waals surface area contributed by atoms with Crippen molar-refractivity contribution in [2.75, 3.05) is 0 Å². The standard InChI is InChI=1S/C5H8O4/c6-2-1-3(7)4(2)9-5(1)8/h1-8H/t1?,2-,3?,4?,5-/m0/s1. The van der Waals surface area contributed by atoms with Crippen LogP contribution in [-0.2, 0) is 4.74 Å². The van der Waals surface area contributed by atoms with Gasteiger partial charge in [-0.05, 0) is 0 Å². The van der Waals surface area contributed by atoms with Gasteiger partial charge in [-0.1, -0.05) is 0 Å². The molecule has 3 unspecified atom stereocenters. The van der Waals surface area contributed by atoms with Gasteiger partial charge in [0.2, 0.25) is 0 Å². The third-order valence-corrected chi connectivity index (χ3v) is 2.09. The van der Waals surface area contributed by atoms with Crippen molar-refractivity contribution < 1.29 is 20.1 Å². The van der Waals surface area contributed by atoms with Crippen LogP contribution < -0.4 is 0 Å². The summed E-state index contributed by atoms with van der Waals surface area (Å²) >= 11 is 0. The monoisotopic (exact) mass is 132 g/mol. The molecule has 0 aromatic carbocycles. The first-order valence-corrected chi connectivity index (χ1v) is 2.91. The van der Waals surface area contributed by atoms with Crippen molar-refractivity contribution in [2.24, 2.45) is 5.92 Å². The number of aliphatic hydroxyl groups excluding tert-OH is 3. The topological polar surface area (TPSA) is 69.9 Å². The lowest BCUT2D eigenvalue weighted by atomic mass is 9.79. The molecule has 1 saturated carbocycles. The molecule has 5 atom stereocenters. The third kappa shape index (κ3) is 0.470. The summed E-state index contributed by atoms with van der Waals surface area (Å²) in [4.78, 5) is 0. The fourth-order valence-corrected chi connectivity index (χ4v) is 1.45. The molecule has 2 bridgehead atoms. The Morgan fingerprint density at radius 1 is 1.00 bits per heavy atom. The molecule has 2 aliphatic heterocycles. The summed E-state index contributed by atoms with van der Waals surface area (Å²) in [5, 5.41) is 26.7. The highest BCUT2D eigenvalue weighted by Gasteiger charge is 2.61. The van der Waals surface area contributed by atoms with Gasteiger partial charge >= 0.3 is 0 Å². The van der Waals surface area contributed by atoms with Gasteiger partial charge in [-0.2, -0.15) is 0 Å². The zero-order valence-corrected chi connectivity index (χ0v) is 4.64. The van der Waals surface area contributed by atoms with Gasteiger partial charge in [0.25, 0.3) is 0 Å². The minimum absolute atomic E-state index is 0.463. The highest BCUT2D eigenvalue weighted by Crippen LogP contribution is 2.42. The maximum atomic E-state index is 8.94. The Kier molecular flexibility index (Phi) is 0.912. The number of aliphatic hydroxyl groups is 3. The Morgan fingerprint density at radius 3 is 1.67 bits per heavy atom. The van der Waals surface area contributed by atoms with Crippen molar-refractivity contribution in [3.8, 4) is 0 Å². The molecule has 0 amide bonds. The fourth-order valence-electron chi connectivity index (χ4n) is 1.45. The van der Waals surface area contributed by atoms with E-state index >= 15 is 0 Å². The smallest absolute Gasteiger partial charge is 0.163 e. The maximum Gasteiger partial charge on any atom is 0.163 e.